The molecule has 0 heterocycles. The molecule has 116 valence electrons. The second-order valence-corrected chi connectivity index (χ2v) is 4.43. The zero-order chi connectivity index (χ0) is 16.0. The molecule has 21 heavy (non-hydrogen) atoms. The summed E-state index contributed by atoms with van der Waals surface area (Å²) in [4.78, 5) is 11.0. The Morgan fingerprint density at radius 2 is 2.14 bits per heavy atom. The van der Waals surface area contributed by atoms with E-state index in [-0.39, 0.29) is 23.8 Å². The van der Waals surface area contributed by atoms with E-state index in [9.17, 15) is 22.4 Å². The summed E-state index contributed by atoms with van der Waals surface area (Å²) in [6.07, 6.45) is -3.65. The fourth-order valence-corrected chi connectivity index (χ4v) is 1.58. The molecular weight excluding hydrogens is 314 g/mol. The molecule has 1 N–H and O–H groups in total. The highest BCUT2D eigenvalue weighted by molar-refractivity contribution is 6.30. The number of benzene rings is 1. The average molecular weight is 326 g/mol. The summed E-state index contributed by atoms with van der Waals surface area (Å²) < 4.78 is 55.3. The lowest BCUT2D eigenvalue weighted by Gasteiger charge is -2.20. The molecule has 0 aromatic heterocycles. The van der Waals surface area contributed by atoms with E-state index in [0.717, 1.165) is 6.07 Å². The van der Waals surface area contributed by atoms with Crippen molar-refractivity contribution >= 4 is 17.5 Å². The van der Waals surface area contributed by atoms with Crippen molar-refractivity contribution in [1.29, 1.82) is 0 Å². The number of ether oxygens (including phenoxy) is 1. The molecule has 0 bridgehead atoms. The van der Waals surface area contributed by atoms with E-state index in [1.54, 1.807) is 5.32 Å². The maximum absolute atomic E-state index is 13.4. The van der Waals surface area contributed by atoms with Gasteiger partial charge in [-0.15, -0.1) is 6.58 Å². The van der Waals surface area contributed by atoms with Crippen molar-refractivity contribution in [2.45, 2.75) is 12.2 Å². The van der Waals surface area contributed by atoms with Gasteiger partial charge in [-0.05, 0) is 17.7 Å². The Kier molecular flexibility index (Phi) is 6.17. The molecule has 8 heteroatoms. The first-order chi connectivity index (χ1) is 9.75. The van der Waals surface area contributed by atoms with E-state index in [1.165, 1.54) is 18.2 Å². The maximum atomic E-state index is 13.4. The fourth-order valence-electron chi connectivity index (χ4n) is 1.46. The molecule has 1 rings (SSSR count). The SMILES string of the molecule is C=CCOC[C@@H](NC(=O)C(F)(F)F)c1ccc(Cl)c(F)c1. The topological polar surface area (TPSA) is 38.3 Å². The van der Waals surface area contributed by atoms with Gasteiger partial charge in [-0.2, -0.15) is 13.2 Å². The smallest absolute Gasteiger partial charge is 0.375 e. The summed E-state index contributed by atoms with van der Waals surface area (Å²) in [7, 11) is 0. The van der Waals surface area contributed by atoms with Gasteiger partial charge >= 0.3 is 12.1 Å². The van der Waals surface area contributed by atoms with Crippen molar-refractivity contribution in [2.75, 3.05) is 13.2 Å². The number of rotatable bonds is 6. The fraction of sp³-hybridized carbons (Fsp3) is 0.308. The second kappa shape index (κ2) is 7.42. The Hall–Kier alpha value is -1.60. The predicted octanol–water partition coefficient (Wildman–Crippen LogP) is 3.40. The van der Waals surface area contributed by atoms with Crippen molar-refractivity contribution in [3.63, 3.8) is 0 Å². The molecule has 0 saturated carbocycles. The third-order valence-corrected chi connectivity index (χ3v) is 2.74. The van der Waals surface area contributed by atoms with E-state index in [2.05, 4.69) is 6.58 Å². The summed E-state index contributed by atoms with van der Waals surface area (Å²) in [5.41, 5.74) is 0.110. The Bertz CT molecular complexity index is 519. The summed E-state index contributed by atoms with van der Waals surface area (Å²) in [5, 5.41) is 1.57. The summed E-state index contributed by atoms with van der Waals surface area (Å²) in [6, 6.07) is 2.28. The van der Waals surface area contributed by atoms with Crippen LogP contribution in [-0.2, 0) is 9.53 Å². The van der Waals surface area contributed by atoms with Crippen molar-refractivity contribution in [3.05, 3.63) is 47.3 Å². The molecule has 0 aliphatic heterocycles. The van der Waals surface area contributed by atoms with Gasteiger partial charge in [-0.1, -0.05) is 23.7 Å². The van der Waals surface area contributed by atoms with Crippen molar-refractivity contribution < 1.29 is 27.1 Å². The number of carbonyl (C=O) groups excluding carboxylic acids is 1. The minimum atomic E-state index is -5.04. The minimum Gasteiger partial charge on any atom is -0.375 e. The summed E-state index contributed by atoms with van der Waals surface area (Å²) >= 11 is 5.50. The number of carbonyl (C=O) groups is 1. The zero-order valence-electron chi connectivity index (χ0n) is 10.7. The van der Waals surface area contributed by atoms with Gasteiger partial charge in [0.25, 0.3) is 0 Å². The van der Waals surface area contributed by atoms with Crippen LogP contribution in [0, 0.1) is 5.82 Å². The molecule has 0 saturated heterocycles. The Morgan fingerprint density at radius 3 is 2.67 bits per heavy atom. The van der Waals surface area contributed by atoms with Crippen molar-refractivity contribution in [2.24, 2.45) is 0 Å². The van der Waals surface area contributed by atoms with Gasteiger partial charge in [0.1, 0.15) is 5.82 Å². The van der Waals surface area contributed by atoms with Crippen LogP contribution in [0.3, 0.4) is 0 Å². The maximum Gasteiger partial charge on any atom is 0.471 e. The van der Waals surface area contributed by atoms with Crippen LogP contribution < -0.4 is 5.32 Å². The molecule has 0 unspecified atom stereocenters. The second-order valence-electron chi connectivity index (χ2n) is 4.02. The van der Waals surface area contributed by atoms with Crippen LogP contribution in [-0.4, -0.2) is 25.3 Å². The summed E-state index contributed by atoms with van der Waals surface area (Å²) in [5.74, 6) is -2.94. The first-order valence-electron chi connectivity index (χ1n) is 5.77. The lowest BCUT2D eigenvalue weighted by atomic mass is 10.1. The monoisotopic (exact) mass is 325 g/mol. The highest BCUT2D eigenvalue weighted by atomic mass is 35.5. The molecular formula is C13H12ClF4NO2. The molecule has 1 amide bonds. The van der Waals surface area contributed by atoms with Crippen molar-refractivity contribution in [3.8, 4) is 0 Å². The molecule has 1 aromatic rings. The number of nitrogens with one attached hydrogen (secondary N) is 1. The van der Waals surface area contributed by atoms with E-state index < -0.39 is 23.9 Å². The molecule has 3 nitrogen and oxygen atoms in total. The van der Waals surface area contributed by atoms with Gasteiger partial charge in [0, 0.05) is 0 Å². The number of hydrogen-bond acceptors (Lipinski definition) is 2. The van der Waals surface area contributed by atoms with Crippen LogP contribution in [0.1, 0.15) is 11.6 Å². The molecule has 0 fully saturated rings. The molecule has 0 aliphatic carbocycles. The number of hydrogen-bond donors (Lipinski definition) is 1. The Labute approximate surface area is 123 Å². The van der Waals surface area contributed by atoms with Gasteiger partial charge in [-0.3, -0.25) is 4.79 Å². The van der Waals surface area contributed by atoms with Crippen LogP contribution in [0.5, 0.6) is 0 Å². The highest BCUT2D eigenvalue weighted by Crippen LogP contribution is 2.23. The lowest BCUT2D eigenvalue weighted by Crippen LogP contribution is -2.40. The van der Waals surface area contributed by atoms with Gasteiger partial charge in [0.15, 0.2) is 0 Å². The van der Waals surface area contributed by atoms with Gasteiger partial charge in [0.05, 0.1) is 24.3 Å². The van der Waals surface area contributed by atoms with Crippen LogP contribution in [0.25, 0.3) is 0 Å². The van der Waals surface area contributed by atoms with E-state index >= 15 is 0 Å². The van der Waals surface area contributed by atoms with Gasteiger partial charge in [-0.25, -0.2) is 4.39 Å². The lowest BCUT2D eigenvalue weighted by molar-refractivity contribution is -0.174. The molecule has 1 aromatic carbocycles. The van der Waals surface area contributed by atoms with Gasteiger partial charge < -0.3 is 10.1 Å². The van der Waals surface area contributed by atoms with Gasteiger partial charge in [0.2, 0.25) is 0 Å². The first-order valence-corrected chi connectivity index (χ1v) is 6.14. The van der Waals surface area contributed by atoms with Crippen LogP contribution >= 0.6 is 11.6 Å². The van der Waals surface area contributed by atoms with Crippen LogP contribution in [0.2, 0.25) is 5.02 Å². The third kappa shape index (κ3) is 5.35. The molecule has 0 spiro atoms. The molecule has 0 radical (unpaired) electrons. The highest BCUT2D eigenvalue weighted by Gasteiger charge is 2.40. The van der Waals surface area contributed by atoms with Crippen LogP contribution in [0.15, 0.2) is 30.9 Å². The van der Waals surface area contributed by atoms with Crippen molar-refractivity contribution in [1.82, 2.24) is 5.32 Å². The Balaban J connectivity index is 2.92. The summed E-state index contributed by atoms with van der Waals surface area (Å²) in [6.45, 7) is 3.20. The number of alkyl halides is 3. The molecule has 0 aliphatic rings. The third-order valence-electron chi connectivity index (χ3n) is 2.43. The quantitative estimate of drug-likeness (QED) is 0.494. The number of amides is 1. The van der Waals surface area contributed by atoms with Crippen LogP contribution in [0.4, 0.5) is 17.6 Å². The normalized spacial score (nSPS) is 12.8. The average Bonchev–Trinajstić information content (AvgIpc) is 2.40. The largest absolute Gasteiger partial charge is 0.471 e. The minimum absolute atomic E-state index is 0.0778. The first kappa shape index (κ1) is 17.5. The Morgan fingerprint density at radius 1 is 1.48 bits per heavy atom. The van der Waals surface area contributed by atoms with E-state index in [0.29, 0.717) is 0 Å². The number of halogens is 5. The van der Waals surface area contributed by atoms with E-state index in [1.807, 2.05) is 0 Å². The predicted molar refractivity (Wildman–Crippen MR) is 69.4 cm³/mol. The zero-order valence-corrected chi connectivity index (χ0v) is 11.5. The molecule has 1 atom stereocenters. The van der Waals surface area contributed by atoms with E-state index in [4.69, 9.17) is 16.3 Å². The standard InChI is InChI=1S/C13H12ClF4NO2/c1-2-5-21-7-11(19-12(20)13(16,17)18)8-3-4-9(14)10(15)6-8/h2-4,6,11H,1,5,7H2,(H,19,20)/t11-/m1/s1.